The van der Waals surface area contributed by atoms with Crippen LogP contribution in [0.1, 0.15) is 20.8 Å². The van der Waals surface area contributed by atoms with Gasteiger partial charge in [-0.2, -0.15) is 0 Å². The first-order valence-electron chi connectivity index (χ1n) is 6.53. The van der Waals surface area contributed by atoms with E-state index < -0.39 is 0 Å². The lowest BCUT2D eigenvalue weighted by Gasteiger charge is -2.15. The molecule has 0 amide bonds. The number of benzene rings is 1. The third-order valence-electron chi connectivity index (χ3n) is 2.70. The van der Waals surface area contributed by atoms with Crippen molar-refractivity contribution in [1.29, 1.82) is 0 Å². The molecule has 20 heavy (non-hydrogen) atoms. The molecule has 0 unspecified atom stereocenters. The molecule has 0 atom stereocenters. The number of hydrogen-bond donors (Lipinski definition) is 0. The normalized spacial score (nSPS) is 10.9. The van der Waals surface area contributed by atoms with Crippen molar-refractivity contribution in [3.8, 4) is 17.4 Å². The summed E-state index contributed by atoms with van der Waals surface area (Å²) < 4.78 is 16.5. The molecule has 0 spiro atoms. The molecule has 1 aromatic carbocycles. The summed E-state index contributed by atoms with van der Waals surface area (Å²) in [7, 11) is 1.57. The fourth-order valence-corrected chi connectivity index (χ4v) is 2.20. The predicted molar refractivity (Wildman–Crippen MR) is 80.2 cm³/mol. The zero-order chi connectivity index (χ0) is 14.7. The minimum Gasteiger partial charge on any atom is -0.495 e. The van der Waals surface area contributed by atoms with Gasteiger partial charge in [-0.25, -0.2) is 4.98 Å². The van der Waals surface area contributed by atoms with E-state index in [9.17, 15) is 0 Å². The molecule has 2 aromatic rings. The Kier molecular flexibility index (Phi) is 4.55. The van der Waals surface area contributed by atoms with E-state index in [0.717, 1.165) is 5.39 Å². The number of nitrogens with zero attached hydrogens (tertiary/aromatic N) is 1. The van der Waals surface area contributed by atoms with Crippen LogP contribution in [-0.4, -0.2) is 24.8 Å². The standard InChI is InChI=1S/C15H18ClNO3/c1-5-19-13-8-12(20-9(2)3)10-6-7-11(18-4)14(16)15(10)17-13/h6-9H,5H2,1-4H3. The molecule has 4 nitrogen and oxygen atoms in total. The maximum atomic E-state index is 6.32. The van der Waals surface area contributed by atoms with Crippen molar-refractivity contribution in [3.63, 3.8) is 0 Å². The van der Waals surface area contributed by atoms with Gasteiger partial charge in [-0.15, -0.1) is 0 Å². The molecule has 0 radical (unpaired) electrons. The number of rotatable bonds is 5. The molecule has 5 heteroatoms. The zero-order valence-electron chi connectivity index (χ0n) is 12.1. The quantitative estimate of drug-likeness (QED) is 0.833. The van der Waals surface area contributed by atoms with E-state index in [1.54, 1.807) is 19.2 Å². The first-order chi connectivity index (χ1) is 9.56. The summed E-state index contributed by atoms with van der Waals surface area (Å²) in [5.74, 6) is 1.78. The molecule has 0 N–H and O–H groups in total. The van der Waals surface area contributed by atoms with Gasteiger partial charge in [0.2, 0.25) is 5.88 Å². The van der Waals surface area contributed by atoms with Crippen LogP contribution in [0.5, 0.6) is 17.4 Å². The van der Waals surface area contributed by atoms with Gasteiger partial charge in [0.25, 0.3) is 0 Å². The molecule has 0 aliphatic heterocycles. The summed E-state index contributed by atoms with van der Waals surface area (Å²) >= 11 is 6.32. The second-order valence-electron chi connectivity index (χ2n) is 4.54. The summed E-state index contributed by atoms with van der Waals surface area (Å²) in [6.07, 6.45) is 0.0518. The molecule has 108 valence electrons. The second kappa shape index (κ2) is 6.18. The van der Waals surface area contributed by atoms with Crippen LogP contribution in [0.3, 0.4) is 0 Å². The minimum absolute atomic E-state index is 0.0518. The number of hydrogen-bond acceptors (Lipinski definition) is 4. The fraction of sp³-hybridized carbons (Fsp3) is 0.400. The highest BCUT2D eigenvalue weighted by Gasteiger charge is 2.14. The highest BCUT2D eigenvalue weighted by Crippen LogP contribution is 2.37. The van der Waals surface area contributed by atoms with Crippen molar-refractivity contribution in [2.24, 2.45) is 0 Å². The van der Waals surface area contributed by atoms with E-state index in [0.29, 0.717) is 34.5 Å². The van der Waals surface area contributed by atoms with Gasteiger partial charge in [-0.1, -0.05) is 11.6 Å². The van der Waals surface area contributed by atoms with Crippen molar-refractivity contribution in [2.45, 2.75) is 26.9 Å². The Morgan fingerprint density at radius 1 is 1.25 bits per heavy atom. The first kappa shape index (κ1) is 14.7. The van der Waals surface area contributed by atoms with Crippen molar-refractivity contribution in [2.75, 3.05) is 13.7 Å². The van der Waals surface area contributed by atoms with Gasteiger partial charge in [-0.3, -0.25) is 0 Å². The van der Waals surface area contributed by atoms with Gasteiger partial charge >= 0.3 is 0 Å². The number of aromatic nitrogens is 1. The largest absolute Gasteiger partial charge is 0.495 e. The summed E-state index contributed by atoms with van der Waals surface area (Å²) in [6.45, 7) is 6.37. The Hall–Kier alpha value is -1.68. The van der Waals surface area contributed by atoms with Crippen molar-refractivity contribution in [3.05, 3.63) is 23.2 Å². The van der Waals surface area contributed by atoms with Crippen LogP contribution in [0.2, 0.25) is 5.02 Å². The van der Waals surface area contributed by atoms with Crippen LogP contribution >= 0.6 is 11.6 Å². The van der Waals surface area contributed by atoms with Gasteiger partial charge < -0.3 is 14.2 Å². The van der Waals surface area contributed by atoms with Gasteiger partial charge in [0.05, 0.1) is 19.8 Å². The molecule has 1 heterocycles. The third kappa shape index (κ3) is 2.90. The van der Waals surface area contributed by atoms with Crippen molar-refractivity contribution < 1.29 is 14.2 Å². The minimum atomic E-state index is 0.0518. The Morgan fingerprint density at radius 3 is 2.60 bits per heavy atom. The van der Waals surface area contributed by atoms with Crippen LogP contribution < -0.4 is 14.2 Å². The molecule has 0 bridgehead atoms. The molecule has 0 saturated carbocycles. The summed E-state index contributed by atoms with van der Waals surface area (Å²) in [5, 5.41) is 1.30. The maximum Gasteiger partial charge on any atom is 0.217 e. The number of pyridine rings is 1. The number of methoxy groups -OCH3 is 1. The van der Waals surface area contributed by atoms with Crippen LogP contribution in [0, 0.1) is 0 Å². The Bertz CT molecular complexity index is 614. The SMILES string of the molecule is CCOc1cc(OC(C)C)c2ccc(OC)c(Cl)c2n1. The van der Waals surface area contributed by atoms with E-state index >= 15 is 0 Å². The molecule has 0 saturated heterocycles. The van der Waals surface area contributed by atoms with Gasteiger partial charge in [0, 0.05) is 11.5 Å². The van der Waals surface area contributed by atoms with E-state index in [2.05, 4.69) is 4.98 Å². The lowest BCUT2D eigenvalue weighted by molar-refractivity contribution is 0.243. The molecule has 0 aliphatic rings. The lowest BCUT2D eigenvalue weighted by Crippen LogP contribution is -2.07. The molecule has 0 aliphatic carbocycles. The highest BCUT2D eigenvalue weighted by molar-refractivity contribution is 6.36. The predicted octanol–water partition coefficient (Wildman–Crippen LogP) is 4.08. The van der Waals surface area contributed by atoms with E-state index in [-0.39, 0.29) is 6.10 Å². The molecule has 2 rings (SSSR count). The lowest BCUT2D eigenvalue weighted by atomic mass is 10.2. The van der Waals surface area contributed by atoms with E-state index in [1.165, 1.54) is 0 Å². The van der Waals surface area contributed by atoms with E-state index in [1.807, 2.05) is 26.8 Å². The average Bonchev–Trinajstić information content (AvgIpc) is 2.40. The molecule has 0 fully saturated rings. The third-order valence-corrected chi connectivity index (χ3v) is 3.06. The molecular weight excluding hydrogens is 278 g/mol. The Morgan fingerprint density at radius 2 is 2.00 bits per heavy atom. The second-order valence-corrected chi connectivity index (χ2v) is 4.91. The Balaban J connectivity index is 2.66. The van der Waals surface area contributed by atoms with Gasteiger partial charge in [-0.05, 0) is 32.9 Å². The number of fused-ring (bicyclic) bond motifs is 1. The monoisotopic (exact) mass is 295 g/mol. The summed E-state index contributed by atoms with van der Waals surface area (Å²) in [5.41, 5.74) is 0.618. The van der Waals surface area contributed by atoms with Gasteiger partial charge in [0.1, 0.15) is 22.0 Å². The summed E-state index contributed by atoms with van der Waals surface area (Å²) in [6, 6.07) is 5.48. The van der Waals surface area contributed by atoms with Gasteiger partial charge in [0.15, 0.2) is 0 Å². The zero-order valence-corrected chi connectivity index (χ0v) is 12.8. The smallest absolute Gasteiger partial charge is 0.217 e. The van der Waals surface area contributed by atoms with Crippen molar-refractivity contribution in [1.82, 2.24) is 4.98 Å². The molecular formula is C15H18ClNO3. The molecule has 1 aromatic heterocycles. The number of ether oxygens (including phenoxy) is 3. The number of halogens is 1. The topological polar surface area (TPSA) is 40.6 Å². The highest BCUT2D eigenvalue weighted by atomic mass is 35.5. The fourth-order valence-electron chi connectivity index (χ4n) is 1.92. The Labute approximate surface area is 123 Å². The first-order valence-corrected chi connectivity index (χ1v) is 6.91. The van der Waals surface area contributed by atoms with Crippen LogP contribution in [0.15, 0.2) is 18.2 Å². The maximum absolute atomic E-state index is 6.32. The van der Waals surface area contributed by atoms with Crippen LogP contribution in [-0.2, 0) is 0 Å². The average molecular weight is 296 g/mol. The van der Waals surface area contributed by atoms with Crippen LogP contribution in [0.4, 0.5) is 0 Å². The van der Waals surface area contributed by atoms with Crippen LogP contribution in [0.25, 0.3) is 10.9 Å². The summed E-state index contributed by atoms with van der Waals surface area (Å²) in [4.78, 5) is 4.43. The van der Waals surface area contributed by atoms with Crippen molar-refractivity contribution >= 4 is 22.5 Å². The van der Waals surface area contributed by atoms with E-state index in [4.69, 9.17) is 25.8 Å².